The Morgan fingerprint density at radius 1 is 1.27 bits per heavy atom. The molecule has 1 aliphatic carbocycles. The Balaban J connectivity index is 2.22. The molecule has 0 atom stereocenters. The highest BCUT2D eigenvalue weighted by Crippen LogP contribution is 2.19. The Morgan fingerprint density at radius 3 is 2.27 bits per heavy atom. The van der Waals surface area contributed by atoms with E-state index in [-0.39, 0.29) is 12.1 Å². The highest BCUT2D eigenvalue weighted by atomic mass is 16.6. The zero-order valence-corrected chi connectivity index (χ0v) is 6.45. The molecule has 4 N–H and O–H groups in total. The van der Waals surface area contributed by atoms with Crippen molar-refractivity contribution in [2.75, 3.05) is 0 Å². The molecule has 0 aromatic rings. The molecule has 4 nitrogen and oxygen atoms in total. The van der Waals surface area contributed by atoms with Gasteiger partial charge in [-0.05, 0) is 25.7 Å². The van der Waals surface area contributed by atoms with Gasteiger partial charge in [-0.25, -0.2) is 4.79 Å². The summed E-state index contributed by atoms with van der Waals surface area (Å²) >= 11 is 0. The maximum atomic E-state index is 10.3. The molecular weight excluding hydrogens is 144 g/mol. The molecule has 0 heterocycles. The topological polar surface area (TPSA) is 78.3 Å². The van der Waals surface area contributed by atoms with Crippen molar-refractivity contribution in [3.63, 3.8) is 0 Å². The van der Waals surface area contributed by atoms with E-state index >= 15 is 0 Å². The van der Waals surface area contributed by atoms with Gasteiger partial charge < -0.3 is 16.2 Å². The van der Waals surface area contributed by atoms with E-state index in [0.717, 1.165) is 25.7 Å². The van der Waals surface area contributed by atoms with E-state index in [1.807, 2.05) is 0 Å². The minimum Gasteiger partial charge on any atom is -0.446 e. The van der Waals surface area contributed by atoms with E-state index < -0.39 is 6.09 Å². The molecule has 0 unspecified atom stereocenters. The molecule has 0 aromatic carbocycles. The second-order valence-corrected chi connectivity index (χ2v) is 2.97. The highest BCUT2D eigenvalue weighted by Gasteiger charge is 2.20. The van der Waals surface area contributed by atoms with E-state index in [0.29, 0.717) is 0 Å². The molecule has 1 rings (SSSR count). The van der Waals surface area contributed by atoms with Crippen LogP contribution in [-0.4, -0.2) is 18.2 Å². The molecule has 0 saturated heterocycles. The molecule has 0 bridgehead atoms. The smallest absolute Gasteiger partial charge is 0.404 e. The molecule has 0 radical (unpaired) electrons. The first kappa shape index (κ1) is 8.33. The number of carbonyl (C=O) groups is 1. The number of nitrogens with two attached hydrogens (primary N) is 2. The number of ether oxygens (including phenoxy) is 1. The fraction of sp³-hybridized carbons (Fsp3) is 0.857. The van der Waals surface area contributed by atoms with Crippen molar-refractivity contribution in [1.82, 2.24) is 0 Å². The van der Waals surface area contributed by atoms with Crippen LogP contribution in [0.25, 0.3) is 0 Å². The lowest BCUT2D eigenvalue weighted by atomic mass is 9.94. The van der Waals surface area contributed by atoms with E-state index in [2.05, 4.69) is 0 Å². The van der Waals surface area contributed by atoms with E-state index in [9.17, 15) is 4.79 Å². The predicted octanol–water partition coefficient (Wildman–Crippen LogP) is 0.352. The van der Waals surface area contributed by atoms with Gasteiger partial charge in [0.15, 0.2) is 0 Å². The molecule has 11 heavy (non-hydrogen) atoms. The molecule has 1 fully saturated rings. The normalized spacial score (nSPS) is 31.4. The van der Waals surface area contributed by atoms with Crippen LogP contribution in [0.4, 0.5) is 4.79 Å². The van der Waals surface area contributed by atoms with Crippen LogP contribution in [-0.2, 0) is 4.74 Å². The average Bonchev–Trinajstić information content (AvgIpc) is 1.93. The molecule has 0 aliphatic heterocycles. The van der Waals surface area contributed by atoms with Crippen molar-refractivity contribution in [2.24, 2.45) is 11.5 Å². The van der Waals surface area contributed by atoms with Gasteiger partial charge in [-0.3, -0.25) is 0 Å². The average molecular weight is 158 g/mol. The standard InChI is InChI=1S/C7H14N2O2/c8-5-1-3-6(4-2-5)11-7(9)10/h5-6H,1-4,8H2,(H2,9,10). The van der Waals surface area contributed by atoms with Gasteiger partial charge in [-0.1, -0.05) is 0 Å². The van der Waals surface area contributed by atoms with Crippen molar-refractivity contribution in [1.29, 1.82) is 0 Å². The minimum absolute atomic E-state index is 0.00676. The lowest BCUT2D eigenvalue weighted by Crippen LogP contribution is -2.32. The second kappa shape index (κ2) is 3.57. The second-order valence-electron chi connectivity index (χ2n) is 2.97. The predicted molar refractivity (Wildman–Crippen MR) is 40.9 cm³/mol. The van der Waals surface area contributed by atoms with Crippen LogP contribution in [0.1, 0.15) is 25.7 Å². The third-order valence-electron chi connectivity index (χ3n) is 2.00. The maximum Gasteiger partial charge on any atom is 0.404 e. The first-order chi connectivity index (χ1) is 5.18. The Labute approximate surface area is 65.9 Å². The number of amides is 1. The van der Waals surface area contributed by atoms with Crippen molar-refractivity contribution in [3.8, 4) is 0 Å². The Hall–Kier alpha value is -0.770. The van der Waals surface area contributed by atoms with Crippen LogP contribution >= 0.6 is 0 Å². The van der Waals surface area contributed by atoms with Crippen LogP contribution in [0, 0.1) is 0 Å². The van der Waals surface area contributed by atoms with Gasteiger partial charge in [-0.15, -0.1) is 0 Å². The number of hydrogen-bond acceptors (Lipinski definition) is 3. The van der Waals surface area contributed by atoms with Gasteiger partial charge in [0, 0.05) is 6.04 Å². The minimum atomic E-state index is -0.675. The Kier molecular flexibility index (Phi) is 2.70. The lowest BCUT2D eigenvalue weighted by molar-refractivity contribution is 0.0791. The van der Waals surface area contributed by atoms with Gasteiger partial charge in [-0.2, -0.15) is 0 Å². The van der Waals surface area contributed by atoms with Gasteiger partial charge in [0.1, 0.15) is 6.10 Å². The summed E-state index contributed by atoms with van der Waals surface area (Å²) < 4.78 is 4.82. The zero-order valence-electron chi connectivity index (χ0n) is 6.45. The molecule has 1 amide bonds. The largest absolute Gasteiger partial charge is 0.446 e. The fourth-order valence-electron chi connectivity index (χ4n) is 1.37. The van der Waals surface area contributed by atoms with Crippen LogP contribution in [0.5, 0.6) is 0 Å². The molecule has 0 spiro atoms. The van der Waals surface area contributed by atoms with Crippen LogP contribution < -0.4 is 11.5 Å². The van der Waals surface area contributed by atoms with Gasteiger partial charge in [0.2, 0.25) is 0 Å². The number of primary amides is 1. The molecule has 1 aliphatic rings. The van der Waals surface area contributed by atoms with Crippen LogP contribution in [0.15, 0.2) is 0 Å². The van der Waals surface area contributed by atoms with Gasteiger partial charge >= 0.3 is 6.09 Å². The maximum absolute atomic E-state index is 10.3. The lowest BCUT2D eigenvalue weighted by Gasteiger charge is -2.24. The number of rotatable bonds is 1. The van der Waals surface area contributed by atoms with Crippen molar-refractivity contribution < 1.29 is 9.53 Å². The van der Waals surface area contributed by atoms with Crippen LogP contribution in [0.3, 0.4) is 0 Å². The summed E-state index contributed by atoms with van der Waals surface area (Å²) in [5.74, 6) is 0. The summed E-state index contributed by atoms with van der Waals surface area (Å²) in [5, 5.41) is 0. The summed E-state index contributed by atoms with van der Waals surface area (Å²) in [6.45, 7) is 0. The number of carbonyl (C=O) groups excluding carboxylic acids is 1. The monoisotopic (exact) mass is 158 g/mol. The molecule has 0 aromatic heterocycles. The molecule has 64 valence electrons. The summed E-state index contributed by atoms with van der Waals surface area (Å²) in [4.78, 5) is 10.3. The summed E-state index contributed by atoms with van der Waals surface area (Å²) in [6.07, 6.45) is 2.89. The Morgan fingerprint density at radius 2 is 1.82 bits per heavy atom. The first-order valence-electron chi connectivity index (χ1n) is 3.90. The first-order valence-corrected chi connectivity index (χ1v) is 3.90. The Bertz CT molecular complexity index is 141. The summed E-state index contributed by atoms with van der Waals surface area (Å²) in [5.41, 5.74) is 10.5. The van der Waals surface area contributed by atoms with Crippen molar-refractivity contribution in [2.45, 2.75) is 37.8 Å². The number of hydrogen-bond donors (Lipinski definition) is 2. The summed E-state index contributed by atoms with van der Waals surface area (Å²) in [7, 11) is 0. The van der Waals surface area contributed by atoms with Gasteiger partial charge in [0.25, 0.3) is 0 Å². The molecular formula is C7H14N2O2. The van der Waals surface area contributed by atoms with E-state index in [4.69, 9.17) is 16.2 Å². The SMILES string of the molecule is NC(=O)OC1CCC(N)CC1. The van der Waals surface area contributed by atoms with Crippen molar-refractivity contribution >= 4 is 6.09 Å². The zero-order chi connectivity index (χ0) is 8.27. The summed E-state index contributed by atoms with van der Waals surface area (Å²) in [6, 6.07) is 0.280. The molecule has 4 heteroatoms. The van der Waals surface area contributed by atoms with Gasteiger partial charge in [0.05, 0.1) is 0 Å². The fourth-order valence-corrected chi connectivity index (χ4v) is 1.37. The van der Waals surface area contributed by atoms with Crippen LogP contribution in [0.2, 0.25) is 0 Å². The third kappa shape index (κ3) is 2.76. The highest BCUT2D eigenvalue weighted by molar-refractivity contribution is 5.64. The van der Waals surface area contributed by atoms with E-state index in [1.54, 1.807) is 0 Å². The molecule has 1 saturated carbocycles. The quantitative estimate of drug-likeness (QED) is 0.578. The third-order valence-corrected chi connectivity index (χ3v) is 2.00. The van der Waals surface area contributed by atoms with Crippen molar-refractivity contribution in [3.05, 3.63) is 0 Å². The van der Waals surface area contributed by atoms with E-state index in [1.165, 1.54) is 0 Å².